The van der Waals surface area contributed by atoms with Crippen LogP contribution in [0.1, 0.15) is 13.8 Å². The van der Waals surface area contributed by atoms with Gasteiger partial charge in [-0.3, -0.25) is 14.6 Å². The number of carbonyl (C=O) groups is 1. The SMILES string of the molecule is CC(C)(C(N)=O)n1ccc(=O)[nH]c1=S. The lowest BCUT2D eigenvalue weighted by atomic mass is 10.1. The second kappa shape index (κ2) is 3.38. The van der Waals surface area contributed by atoms with Crippen LogP contribution in [-0.2, 0) is 10.3 Å². The number of carbonyl (C=O) groups excluding carboxylic acids is 1. The number of amides is 1. The Hall–Kier alpha value is -1.43. The summed E-state index contributed by atoms with van der Waals surface area (Å²) in [4.78, 5) is 24.4. The topological polar surface area (TPSA) is 80.9 Å². The first-order valence-electron chi connectivity index (χ1n) is 3.98. The van der Waals surface area contributed by atoms with Gasteiger partial charge in [-0.25, -0.2) is 0 Å². The lowest BCUT2D eigenvalue weighted by Crippen LogP contribution is -2.42. The molecule has 0 saturated heterocycles. The Morgan fingerprint density at radius 3 is 2.64 bits per heavy atom. The zero-order valence-corrected chi connectivity index (χ0v) is 8.72. The predicted molar refractivity (Wildman–Crippen MR) is 54.4 cm³/mol. The average Bonchev–Trinajstić information content (AvgIpc) is 2.02. The van der Waals surface area contributed by atoms with Crippen molar-refractivity contribution >= 4 is 18.1 Å². The number of nitrogens with two attached hydrogens (primary N) is 1. The van der Waals surface area contributed by atoms with Crippen molar-refractivity contribution in [2.45, 2.75) is 19.4 Å². The number of hydrogen-bond acceptors (Lipinski definition) is 3. The van der Waals surface area contributed by atoms with Crippen molar-refractivity contribution in [3.05, 3.63) is 27.4 Å². The van der Waals surface area contributed by atoms with Crippen molar-refractivity contribution < 1.29 is 4.79 Å². The molecule has 0 aromatic carbocycles. The van der Waals surface area contributed by atoms with Crippen molar-refractivity contribution in [3.63, 3.8) is 0 Å². The molecule has 0 atom stereocenters. The molecule has 3 N–H and O–H groups in total. The maximum absolute atomic E-state index is 11.1. The highest BCUT2D eigenvalue weighted by Gasteiger charge is 2.26. The number of rotatable bonds is 2. The molecule has 0 saturated carbocycles. The maximum Gasteiger partial charge on any atom is 0.251 e. The second-order valence-electron chi connectivity index (χ2n) is 3.40. The normalized spacial score (nSPS) is 11.3. The molecule has 1 amide bonds. The van der Waals surface area contributed by atoms with E-state index < -0.39 is 11.4 Å². The molecule has 14 heavy (non-hydrogen) atoms. The molecule has 0 radical (unpaired) electrons. The monoisotopic (exact) mass is 213 g/mol. The lowest BCUT2D eigenvalue weighted by molar-refractivity contribution is -0.125. The molecule has 0 aliphatic heterocycles. The minimum Gasteiger partial charge on any atom is -0.368 e. The van der Waals surface area contributed by atoms with E-state index >= 15 is 0 Å². The van der Waals surface area contributed by atoms with Crippen LogP contribution in [0.2, 0.25) is 0 Å². The van der Waals surface area contributed by atoms with Gasteiger partial charge in [0.05, 0.1) is 0 Å². The maximum atomic E-state index is 11.1. The van der Waals surface area contributed by atoms with Gasteiger partial charge in [-0.2, -0.15) is 0 Å². The molecule has 1 heterocycles. The van der Waals surface area contributed by atoms with Gasteiger partial charge < -0.3 is 10.3 Å². The second-order valence-corrected chi connectivity index (χ2v) is 3.79. The number of nitrogens with one attached hydrogen (secondary N) is 1. The summed E-state index contributed by atoms with van der Waals surface area (Å²) in [6.07, 6.45) is 1.45. The number of hydrogen-bond donors (Lipinski definition) is 2. The van der Waals surface area contributed by atoms with Crippen LogP contribution in [-0.4, -0.2) is 15.5 Å². The molecule has 1 aromatic rings. The summed E-state index contributed by atoms with van der Waals surface area (Å²) in [6, 6.07) is 1.29. The zero-order chi connectivity index (χ0) is 10.9. The smallest absolute Gasteiger partial charge is 0.251 e. The number of aromatic nitrogens is 2. The van der Waals surface area contributed by atoms with E-state index in [4.69, 9.17) is 18.0 Å². The molecule has 6 heteroatoms. The molecule has 0 aliphatic rings. The summed E-state index contributed by atoms with van der Waals surface area (Å²) >= 11 is 4.91. The third-order valence-electron chi connectivity index (χ3n) is 2.03. The Morgan fingerprint density at radius 1 is 1.64 bits per heavy atom. The molecule has 0 fully saturated rings. The zero-order valence-electron chi connectivity index (χ0n) is 7.90. The molecule has 0 unspecified atom stereocenters. The van der Waals surface area contributed by atoms with Gasteiger partial charge in [0.1, 0.15) is 5.54 Å². The van der Waals surface area contributed by atoms with Crippen molar-refractivity contribution in [3.8, 4) is 0 Å². The molecule has 76 valence electrons. The number of nitrogens with zero attached hydrogens (tertiary/aromatic N) is 1. The van der Waals surface area contributed by atoms with Gasteiger partial charge >= 0.3 is 0 Å². The van der Waals surface area contributed by atoms with E-state index in [-0.39, 0.29) is 10.3 Å². The summed E-state index contributed by atoms with van der Waals surface area (Å²) in [5.41, 5.74) is 3.97. The molecular formula is C8H11N3O2S. The summed E-state index contributed by atoms with van der Waals surface area (Å²) < 4.78 is 1.63. The third-order valence-corrected chi connectivity index (χ3v) is 2.33. The minimum atomic E-state index is -0.943. The van der Waals surface area contributed by atoms with E-state index in [0.717, 1.165) is 0 Å². The lowest BCUT2D eigenvalue weighted by Gasteiger charge is -2.23. The van der Waals surface area contributed by atoms with Crippen LogP contribution in [0.5, 0.6) is 0 Å². The van der Waals surface area contributed by atoms with E-state index in [2.05, 4.69) is 4.98 Å². The van der Waals surface area contributed by atoms with Gasteiger partial charge in [-0.1, -0.05) is 0 Å². The molecular weight excluding hydrogens is 202 g/mol. The Bertz CT molecular complexity index is 472. The minimum absolute atomic E-state index is 0.182. The van der Waals surface area contributed by atoms with Crippen molar-refractivity contribution in [1.82, 2.24) is 9.55 Å². The largest absolute Gasteiger partial charge is 0.368 e. The molecule has 0 bridgehead atoms. The highest BCUT2D eigenvalue weighted by atomic mass is 32.1. The third kappa shape index (κ3) is 1.74. The highest BCUT2D eigenvalue weighted by Crippen LogP contribution is 2.12. The molecule has 0 spiro atoms. The summed E-state index contributed by atoms with van der Waals surface area (Å²) in [7, 11) is 0. The number of aromatic amines is 1. The fourth-order valence-electron chi connectivity index (χ4n) is 0.976. The molecule has 0 aliphatic carbocycles. The van der Waals surface area contributed by atoms with E-state index in [1.807, 2.05) is 0 Å². The van der Waals surface area contributed by atoms with E-state index in [9.17, 15) is 9.59 Å². The number of primary amides is 1. The molecule has 1 aromatic heterocycles. The van der Waals surface area contributed by atoms with Gasteiger partial charge in [0.25, 0.3) is 5.56 Å². The van der Waals surface area contributed by atoms with Crippen molar-refractivity contribution in [2.24, 2.45) is 5.73 Å². The Labute approximate surface area is 85.6 Å². The van der Waals surface area contributed by atoms with E-state index in [0.29, 0.717) is 0 Å². The Balaban J connectivity index is 3.41. The first kappa shape index (κ1) is 10.6. The predicted octanol–water partition coefficient (Wildman–Crippen LogP) is 0.126. The van der Waals surface area contributed by atoms with Gasteiger partial charge in [0, 0.05) is 12.3 Å². The first-order valence-corrected chi connectivity index (χ1v) is 4.39. The van der Waals surface area contributed by atoms with Crippen LogP contribution in [0.25, 0.3) is 0 Å². The summed E-state index contributed by atoms with van der Waals surface area (Å²) in [6.45, 7) is 3.26. The van der Waals surface area contributed by atoms with Crippen LogP contribution in [0.4, 0.5) is 0 Å². The summed E-state index contributed by atoms with van der Waals surface area (Å²) in [5.74, 6) is -0.513. The van der Waals surface area contributed by atoms with Gasteiger partial charge in [-0.15, -0.1) is 0 Å². The van der Waals surface area contributed by atoms with Crippen LogP contribution in [0.15, 0.2) is 17.1 Å². The van der Waals surface area contributed by atoms with Gasteiger partial charge in [-0.05, 0) is 26.1 Å². The van der Waals surface area contributed by atoms with Gasteiger partial charge in [0.2, 0.25) is 5.91 Å². The van der Waals surface area contributed by atoms with Crippen LogP contribution in [0, 0.1) is 4.77 Å². The van der Waals surface area contributed by atoms with Crippen LogP contribution in [0.3, 0.4) is 0 Å². The average molecular weight is 213 g/mol. The molecule has 1 rings (SSSR count). The highest BCUT2D eigenvalue weighted by molar-refractivity contribution is 7.71. The number of H-pyrrole nitrogens is 1. The quantitative estimate of drug-likeness (QED) is 0.685. The van der Waals surface area contributed by atoms with Crippen LogP contribution < -0.4 is 11.3 Å². The van der Waals surface area contributed by atoms with E-state index in [1.165, 1.54) is 16.8 Å². The van der Waals surface area contributed by atoms with Crippen molar-refractivity contribution in [1.29, 1.82) is 0 Å². The fraction of sp³-hybridized carbons (Fsp3) is 0.375. The Morgan fingerprint density at radius 2 is 2.21 bits per heavy atom. The van der Waals surface area contributed by atoms with Crippen LogP contribution >= 0.6 is 12.2 Å². The standard InChI is InChI=1S/C8H11N3O2S/c1-8(2,6(9)13)11-4-3-5(12)10-7(11)14/h3-4H,1-2H3,(H2,9,13)(H,10,12,14). The van der Waals surface area contributed by atoms with E-state index in [1.54, 1.807) is 13.8 Å². The first-order chi connectivity index (χ1) is 6.35. The fourth-order valence-corrected chi connectivity index (χ4v) is 1.37. The van der Waals surface area contributed by atoms with Crippen molar-refractivity contribution in [2.75, 3.05) is 0 Å². The Kier molecular flexibility index (Phi) is 2.57. The molecule has 5 nitrogen and oxygen atoms in total. The summed E-state index contributed by atoms with van der Waals surface area (Å²) in [5, 5.41) is 0. The van der Waals surface area contributed by atoms with Gasteiger partial charge in [0.15, 0.2) is 4.77 Å².